The molecule has 3 aromatic rings. The zero-order valence-corrected chi connectivity index (χ0v) is 16.1. The molecular weight excluding hydrogens is 378 g/mol. The third-order valence-electron chi connectivity index (χ3n) is 3.69. The molecule has 0 bridgehead atoms. The van der Waals surface area contributed by atoms with Crippen molar-refractivity contribution in [3.63, 3.8) is 0 Å². The maximum Gasteiger partial charge on any atom is 0.128 e. The minimum Gasteiger partial charge on any atom is -0.490 e. The first kappa shape index (κ1) is 18.8. The van der Waals surface area contributed by atoms with Gasteiger partial charge in [0.1, 0.15) is 41.4 Å². The summed E-state index contributed by atoms with van der Waals surface area (Å²) in [5, 5.41) is 18.9. The smallest absolute Gasteiger partial charge is 0.128 e. The zero-order valence-electron chi connectivity index (χ0n) is 14.5. The maximum atomic E-state index is 9.35. The molecule has 134 valence electrons. The Morgan fingerprint density at radius 3 is 2.04 bits per heavy atom. The molecule has 0 saturated heterocycles. The highest BCUT2D eigenvalue weighted by molar-refractivity contribution is 7.98. The van der Waals surface area contributed by atoms with E-state index in [2.05, 4.69) is 16.5 Å². The zero-order chi connectivity index (χ0) is 19.1. The van der Waals surface area contributed by atoms with Crippen molar-refractivity contribution in [1.82, 2.24) is 4.37 Å². The fourth-order valence-electron chi connectivity index (χ4n) is 2.36. The van der Waals surface area contributed by atoms with E-state index >= 15 is 0 Å². The van der Waals surface area contributed by atoms with Crippen LogP contribution < -0.4 is 9.47 Å². The van der Waals surface area contributed by atoms with Gasteiger partial charge in [0.25, 0.3) is 0 Å². The molecule has 0 saturated carbocycles. The maximum absolute atomic E-state index is 9.35. The summed E-state index contributed by atoms with van der Waals surface area (Å²) < 4.78 is 15.6. The average molecular weight is 393 g/mol. The third-order valence-corrected chi connectivity index (χ3v) is 5.38. The van der Waals surface area contributed by atoms with Crippen LogP contribution in [0.5, 0.6) is 11.5 Å². The van der Waals surface area contributed by atoms with E-state index < -0.39 is 0 Å². The molecule has 2 aromatic carbocycles. The molecular formula is C20H15N3O2S2. The lowest BCUT2D eigenvalue weighted by Crippen LogP contribution is -2.08. The molecule has 0 N–H and O–H groups in total. The van der Waals surface area contributed by atoms with Gasteiger partial charge in [-0.25, -0.2) is 0 Å². The van der Waals surface area contributed by atoms with Gasteiger partial charge in [0.15, 0.2) is 0 Å². The van der Waals surface area contributed by atoms with Crippen LogP contribution in [0.2, 0.25) is 0 Å². The predicted octanol–water partition coefficient (Wildman–Crippen LogP) is 4.73. The van der Waals surface area contributed by atoms with Gasteiger partial charge in [0.05, 0.1) is 16.5 Å². The van der Waals surface area contributed by atoms with Gasteiger partial charge in [-0.15, -0.1) is 11.8 Å². The Kier molecular flexibility index (Phi) is 6.32. The van der Waals surface area contributed by atoms with Gasteiger partial charge in [-0.05, 0) is 71.9 Å². The van der Waals surface area contributed by atoms with Crippen LogP contribution in [0.15, 0.2) is 53.6 Å². The van der Waals surface area contributed by atoms with Crippen LogP contribution in [0.3, 0.4) is 0 Å². The molecule has 1 aromatic heterocycles. The topological polar surface area (TPSA) is 78.9 Å². The van der Waals surface area contributed by atoms with Gasteiger partial charge in [-0.3, -0.25) is 0 Å². The molecule has 0 radical (unpaired) electrons. The number of rotatable bonds is 7. The third kappa shape index (κ3) is 4.59. The molecule has 0 fully saturated rings. The van der Waals surface area contributed by atoms with Crippen LogP contribution in [-0.2, 0) is 0 Å². The highest BCUT2D eigenvalue weighted by atomic mass is 32.2. The van der Waals surface area contributed by atoms with Gasteiger partial charge < -0.3 is 9.47 Å². The number of ether oxygens (including phenoxy) is 2. The van der Waals surface area contributed by atoms with Crippen molar-refractivity contribution in [3.8, 4) is 34.1 Å². The summed E-state index contributed by atoms with van der Waals surface area (Å²) in [4.78, 5) is 0.873. The quantitative estimate of drug-likeness (QED) is 0.426. The highest BCUT2D eigenvalue weighted by Gasteiger charge is 2.14. The Morgan fingerprint density at radius 2 is 1.52 bits per heavy atom. The Hall–Kier alpha value is -3.00. The summed E-state index contributed by atoms with van der Waals surface area (Å²) in [5.41, 5.74) is 2.17. The summed E-state index contributed by atoms with van der Waals surface area (Å²) >= 11 is 2.81. The normalized spacial score (nSPS) is 10.0. The lowest BCUT2D eigenvalue weighted by Gasteiger charge is -2.09. The number of hydrogen-bond donors (Lipinski definition) is 0. The molecule has 0 aliphatic heterocycles. The van der Waals surface area contributed by atoms with Gasteiger partial charge in [0.2, 0.25) is 0 Å². The summed E-state index contributed by atoms with van der Waals surface area (Å²) in [5.74, 6) is 1.43. The Balaban J connectivity index is 1.54. The van der Waals surface area contributed by atoms with E-state index in [9.17, 15) is 5.26 Å². The van der Waals surface area contributed by atoms with Crippen molar-refractivity contribution in [2.75, 3.05) is 19.5 Å². The van der Waals surface area contributed by atoms with Gasteiger partial charge in [-0.1, -0.05) is 0 Å². The summed E-state index contributed by atoms with van der Waals surface area (Å²) in [6, 6.07) is 18.9. The van der Waals surface area contributed by atoms with E-state index in [0.717, 1.165) is 21.2 Å². The molecule has 7 heteroatoms. The summed E-state index contributed by atoms with van der Waals surface area (Å²) in [6.45, 7) is 0.804. The van der Waals surface area contributed by atoms with Crippen molar-refractivity contribution in [2.24, 2.45) is 0 Å². The molecule has 0 amide bonds. The molecule has 0 atom stereocenters. The van der Waals surface area contributed by atoms with Crippen molar-refractivity contribution in [1.29, 1.82) is 10.5 Å². The molecule has 1 heterocycles. The first-order valence-electron chi connectivity index (χ1n) is 8.05. The number of benzene rings is 2. The summed E-state index contributed by atoms with van der Waals surface area (Å²) in [7, 11) is 0. The second kappa shape index (κ2) is 9.09. The Labute approximate surface area is 166 Å². The van der Waals surface area contributed by atoms with Crippen LogP contribution in [0, 0.1) is 22.7 Å². The molecule has 0 spiro atoms. The fourth-order valence-corrected chi connectivity index (χ4v) is 3.92. The Morgan fingerprint density at radius 1 is 0.926 bits per heavy atom. The monoisotopic (exact) mass is 393 g/mol. The van der Waals surface area contributed by atoms with E-state index in [4.69, 9.17) is 14.7 Å². The van der Waals surface area contributed by atoms with Crippen LogP contribution in [-0.4, -0.2) is 23.8 Å². The van der Waals surface area contributed by atoms with E-state index in [1.807, 2.05) is 30.5 Å². The standard InChI is InChI=1S/C20H15N3O2S2/c1-26-20-18(13-22)19(27-23-20)15-4-8-17(9-5-15)25-11-10-24-16-6-2-14(12-21)3-7-16/h2-9H,10-11H2,1H3. The number of thioether (sulfide) groups is 1. The van der Waals surface area contributed by atoms with Crippen molar-refractivity contribution in [3.05, 3.63) is 59.7 Å². The Bertz CT molecular complexity index is 984. The minimum atomic E-state index is 0.401. The molecule has 0 aliphatic rings. The SMILES string of the molecule is CSc1nsc(-c2ccc(OCCOc3ccc(C#N)cc3)cc2)c1C#N. The van der Waals surface area contributed by atoms with Crippen LogP contribution in [0.1, 0.15) is 11.1 Å². The lowest BCUT2D eigenvalue weighted by atomic mass is 10.1. The van der Waals surface area contributed by atoms with Crippen molar-refractivity contribution in [2.45, 2.75) is 5.03 Å². The number of hydrogen-bond acceptors (Lipinski definition) is 7. The first-order chi connectivity index (χ1) is 13.2. The first-order valence-corrected chi connectivity index (χ1v) is 10.0. The van der Waals surface area contributed by atoms with E-state index in [1.54, 1.807) is 24.3 Å². The molecule has 0 unspecified atom stereocenters. The van der Waals surface area contributed by atoms with Crippen molar-refractivity contribution < 1.29 is 9.47 Å². The minimum absolute atomic E-state index is 0.401. The largest absolute Gasteiger partial charge is 0.490 e. The van der Waals surface area contributed by atoms with Crippen LogP contribution in [0.25, 0.3) is 10.4 Å². The number of aromatic nitrogens is 1. The van der Waals surface area contributed by atoms with Gasteiger partial charge in [-0.2, -0.15) is 14.9 Å². The second-order valence-corrected chi connectivity index (χ2v) is 6.93. The van der Waals surface area contributed by atoms with Gasteiger partial charge in [0, 0.05) is 0 Å². The number of nitrogens with zero attached hydrogens (tertiary/aromatic N) is 3. The van der Waals surface area contributed by atoms with Crippen molar-refractivity contribution >= 4 is 23.3 Å². The van der Waals surface area contributed by atoms with E-state index in [1.165, 1.54) is 23.3 Å². The van der Waals surface area contributed by atoms with Crippen LogP contribution >= 0.6 is 23.3 Å². The lowest BCUT2D eigenvalue weighted by molar-refractivity contribution is 0.217. The highest BCUT2D eigenvalue weighted by Crippen LogP contribution is 2.34. The van der Waals surface area contributed by atoms with E-state index in [0.29, 0.717) is 30.1 Å². The molecule has 27 heavy (non-hydrogen) atoms. The molecule has 5 nitrogen and oxygen atoms in total. The molecule has 0 aliphatic carbocycles. The van der Waals surface area contributed by atoms with Crippen LogP contribution in [0.4, 0.5) is 0 Å². The van der Waals surface area contributed by atoms with E-state index in [-0.39, 0.29) is 0 Å². The number of nitriles is 2. The van der Waals surface area contributed by atoms with Gasteiger partial charge >= 0.3 is 0 Å². The summed E-state index contributed by atoms with van der Waals surface area (Å²) in [6.07, 6.45) is 1.91. The molecule has 3 rings (SSSR count). The predicted molar refractivity (Wildman–Crippen MR) is 106 cm³/mol. The fraction of sp³-hybridized carbons (Fsp3) is 0.150. The second-order valence-electron chi connectivity index (χ2n) is 5.37. The average Bonchev–Trinajstić information content (AvgIpc) is 3.15.